The number of anilines is 1. The van der Waals surface area contributed by atoms with Gasteiger partial charge < -0.3 is 10.4 Å². The van der Waals surface area contributed by atoms with Crippen molar-refractivity contribution >= 4 is 23.3 Å². The van der Waals surface area contributed by atoms with Gasteiger partial charge in [-0.15, -0.1) is 0 Å². The third kappa shape index (κ3) is 2.23. The Kier molecular flexibility index (Phi) is 3.61. The average molecular weight is 340 g/mol. The van der Waals surface area contributed by atoms with Crippen molar-refractivity contribution in [3.05, 3.63) is 75.8 Å². The minimum absolute atomic E-state index is 0.0777. The van der Waals surface area contributed by atoms with Crippen LogP contribution in [0, 0.1) is 12.8 Å². The molecule has 2 aliphatic rings. The minimum atomic E-state index is -0.872. The second-order valence-corrected chi connectivity index (χ2v) is 6.93. The molecule has 0 bridgehead atoms. The van der Waals surface area contributed by atoms with Crippen LogP contribution in [-0.2, 0) is 0 Å². The molecular weight excluding hydrogens is 322 g/mol. The van der Waals surface area contributed by atoms with Gasteiger partial charge in [0.25, 0.3) is 0 Å². The van der Waals surface area contributed by atoms with E-state index < -0.39 is 5.97 Å². The molecule has 0 amide bonds. The molecule has 0 fully saturated rings. The van der Waals surface area contributed by atoms with E-state index in [4.69, 9.17) is 11.6 Å². The Hall–Kier alpha value is -2.26. The van der Waals surface area contributed by atoms with Crippen LogP contribution >= 0.6 is 11.6 Å². The van der Waals surface area contributed by atoms with Crippen molar-refractivity contribution in [2.45, 2.75) is 25.3 Å². The van der Waals surface area contributed by atoms with Gasteiger partial charge in [0.05, 0.1) is 11.6 Å². The number of benzene rings is 2. The lowest BCUT2D eigenvalue weighted by Crippen LogP contribution is -2.31. The van der Waals surface area contributed by atoms with Crippen molar-refractivity contribution in [2.75, 3.05) is 5.32 Å². The number of halogens is 1. The molecule has 1 heterocycles. The number of nitrogens with one attached hydrogen (secondary N) is 1. The van der Waals surface area contributed by atoms with Crippen LogP contribution < -0.4 is 5.32 Å². The predicted molar refractivity (Wildman–Crippen MR) is 95.9 cm³/mol. The smallest absolute Gasteiger partial charge is 0.336 e. The molecule has 24 heavy (non-hydrogen) atoms. The molecule has 3 atom stereocenters. The van der Waals surface area contributed by atoms with Crippen LogP contribution in [0.4, 0.5) is 5.69 Å². The highest BCUT2D eigenvalue weighted by Crippen LogP contribution is 2.52. The second kappa shape index (κ2) is 5.67. The summed E-state index contributed by atoms with van der Waals surface area (Å²) in [6.45, 7) is 2.01. The molecule has 4 heteroatoms. The first-order valence-corrected chi connectivity index (χ1v) is 8.50. The van der Waals surface area contributed by atoms with E-state index in [-0.39, 0.29) is 17.9 Å². The number of fused-ring (bicyclic) bond motifs is 3. The Morgan fingerprint density at radius 3 is 2.79 bits per heavy atom. The van der Waals surface area contributed by atoms with E-state index in [2.05, 4.69) is 23.5 Å². The number of allylic oxidation sites excluding steroid dienone is 2. The summed E-state index contributed by atoms with van der Waals surface area (Å²) in [4.78, 5) is 11.7. The van der Waals surface area contributed by atoms with E-state index >= 15 is 0 Å². The van der Waals surface area contributed by atoms with E-state index in [0.717, 1.165) is 33.8 Å². The molecule has 2 aromatic carbocycles. The first-order valence-electron chi connectivity index (χ1n) is 8.12. The lowest BCUT2D eigenvalue weighted by atomic mass is 9.74. The van der Waals surface area contributed by atoms with Gasteiger partial charge in [-0.3, -0.25) is 0 Å². The highest BCUT2D eigenvalue weighted by molar-refractivity contribution is 6.31. The van der Waals surface area contributed by atoms with Gasteiger partial charge in [0.2, 0.25) is 0 Å². The maximum Gasteiger partial charge on any atom is 0.336 e. The number of hydrogen-bond acceptors (Lipinski definition) is 2. The largest absolute Gasteiger partial charge is 0.478 e. The standard InChI is InChI=1S/C20H18ClNO2/c1-11-9-10-15(20(23)24)17-12-6-4-7-13(12)19(22-18(11)17)14-5-2-3-8-16(14)21/h2-6,8-10,12-13,19,22H,7H2,1H3,(H,23,24)/t12-,13-,19+/m1/s1. The van der Waals surface area contributed by atoms with Gasteiger partial charge in [0.1, 0.15) is 0 Å². The molecule has 0 saturated heterocycles. The predicted octanol–water partition coefficient (Wildman–Crippen LogP) is 5.17. The number of aromatic carboxylic acids is 1. The summed E-state index contributed by atoms with van der Waals surface area (Å²) in [6.07, 6.45) is 5.23. The molecule has 0 saturated carbocycles. The summed E-state index contributed by atoms with van der Waals surface area (Å²) < 4.78 is 0. The van der Waals surface area contributed by atoms with Gasteiger partial charge in [-0.05, 0) is 48.1 Å². The topological polar surface area (TPSA) is 49.3 Å². The van der Waals surface area contributed by atoms with Gasteiger partial charge in [-0.1, -0.05) is 48.0 Å². The van der Waals surface area contributed by atoms with Crippen molar-refractivity contribution in [1.29, 1.82) is 0 Å². The van der Waals surface area contributed by atoms with Gasteiger partial charge in [-0.2, -0.15) is 0 Å². The third-order valence-corrected chi connectivity index (χ3v) is 5.54. The molecule has 2 aromatic rings. The van der Waals surface area contributed by atoms with E-state index in [1.807, 2.05) is 31.2 Å². The van der Waals surface area contributed by atoms with Crippen LogP contribution in [0.15, 0.2) is 48.6 Å². The third-order valence-electron chi connectivity index (χ3n) is 5.20. The molecule has 0 radical (unpaired) electrons. The first kappa shape index (κ1) is 15.3. The number of carboxylic acid groups (broad SMARTS) is 1. The molecule has 0 aromatic heterocycles. The number of rotatable bonds is 2. The second-order valence-electron chi connectivity index (χ2n) is 6.52. The number of hydrogen-bond donors (Lipinski definition) is 2. The molecule has 0 spiro atoms. The van der Waals surface area contributed by atoms with Gasteiger partial charge in [-0.25, -0.2) is 4.79 Å². The van der Waals surface area contributed by atoms with Crippen molar-refractivity contribution in [2.24, 2.45) is 5.92 Å². The van der Waals surface area contributed by atoms with Crippen molar-refractivity contribution in [1.82, 2.24) is 0 Å². The number of aryl methyl sites for hydroxylation is 1. The summed E-state index contributed by atoms with van der Waals surface area (Å²) >= 11 is 6.44. The molecule has 122 valence electrons. The lowest BCUT2D eigenvalue weighted by molar-refractivity contribution is 0.0695. The zero-order valence-electron chi connectivity index (χ0n) is 13.3. The molecular formula is C20H18ClNO2. The summed E-state index contributed by atoms with van der Waals surface area (Å²) in [5.74, 6) is -0.492. The summed E-state index contributed by atoms with van der Waals surface area (Å²) in [7, 11) is 0. The van der Waals surface area contributed by atoms with Gasteiger partial charge >= 0.3 is 5.97 Å². The van der Waals surface area contributed by atoms with E-state index in [0.29, 0.717) is 5.56 Å². The molecule has 2 N–H and O–H groups in total. The summed E-state index contributed by atoms with van der Waals surface area (Å²) in [5, 5.41) is 14.0. The van der Waals surface area contributed by atoms with Crippen molar-refractivity contribution < 1.29 is 9.90 Å². The minimum Gasteiger partial charge on any atom is -0.478 e. The number of carboxylic acids is 1. The maximum absolute atomic E-state index is 11.7. The Morgan fingerprint density at radius 2 is 2.04 bits per heavy atom. The molecule has 1 aliphatic heterocycles. The maximum atomic E-state index is 11.7. The summed E-state index contributed by atoms with van der Waals surface area (Å²) in [6, 6.07) is 11.6. The van der Waals surface area contributed by atoms with Crippen LogP contribution in [0.1, 0.15) is 45.4 Å². The van der Waals surface area contributed by atoms with Crippen molar-refractivity contribution in [3.8, 4) is 0 Å². The fourth-order valence-electron chi connectivity index (χ4n) is 4.08. The monoisotopic (exact) mass is 339 g/mol. The van der Waals surface area contributed by atoms with Crippen LogP contribution in [0.5, 0.6) is 0 Å². The van der Waals surface area contributed by atoms with Gasteiger partial charge in [0.15, 0.2) is 0 Å². The Labute approximate surface area is 146 Å². The van der Waals surface area contributed by atoms with Crippen LogP contribution in [0.3, 0.4) is 0 Å². The Morgan fingerprint density at radius 1 is 1.25 bits per heavy atom. The van der Waals surface area contributed by atoms with Crippen LogP contribution in [-0.4, -0.2) is 11.1 Å². The zero-order valence-corrected chi connectivity index (χ0v) is 14.0. The van der Waals surface area contributed by atoms with Gasteiger partial charge in [0, 0.05) is 16.6 Å². The van der Waals surface area contributed by atoms with E-state index in [9.17, 15) is 9.90 Å². The van der Waals surface area contributed by atoms with E-state index in [1.54, 1.807) is 6.07 Å². The molecule has 3 nitrogen and oxygen atoms in total. The van der Waals surface area contributed by atoms with Crippen LogP contribution in [0.25, 0.3) is 0 Å². The SMILES string of the molecule is Cc1ccc(C(=O)O)c2c1N[C@H](c1ccccc1Cl)[C@@H]1CC=C[C@@H]21. The molecule has 0 unspecified atom stereocenters. The highest BCUT2D eigenvalue weighted by Gasteiger charge is 2.41. The fraction of sp³-hybridized carbons (Fsp3) is 0.250. The molecule has 1 aliphatic carbocycles. The van der Waals surface area contributed by atoms with E-state index in [1.165, 1.54) is 0 Å². The number of carbonyl (C=O) groups is 1. The lowest BCUT2D eigenvalue weighted by Gasteiger charge is -2.39. The normalized spacial score (nSPS) is 24.2. The summed E-state index contributed by atoms with van der Waals surface area (Å²) in [5.41, 5.74) is 4.37. The Balaban J connectivity index is 1.90. The molecule has 4 rings (SSSR count). The first-order chi connectivity index (χ1) is 11.6. The van der Waals surface area contributed by atoms with Crippen LogP contribution in [0.2, 0.25) is 5.02 Å². The average Bonchev–Trinajstić information content (AvgIpc) is 3.05. The quantitative estimate of drug-likeness (QED) is 0.742. The highest BCUT2D eigenvalue weighted by atomic mass is 35.5. The van der Waals surface area contributed by atoms with Crippen molar-refractivity contribution in [3.63, 3.8) is 0 Å². The zero-order chi connectivity index (χ0) is 16.8. The Bertz CT molecular complexity index is 859. The fourth-order valence-corrected chi connectivity index (χ4v) is 4.33.